The van der Waals surface area contributed by atoms with E-state index >= 15 is 0 Å². The van der Waals surface area contributed by atoms with Crippen molar-refractivity contribution in [1.82, 2.24) is 5.32 Å². The third-order valence-corrected chi connectivity index (χ3v) is 3.77. The molecule has 19 heavy (non-hydrogen) atoms. The van der Waals surface area contributed by atoms with Crippen LogP contribution in [0.3, 0.4) is 0 Å². The fourth-order valence-corrected chi connectivity index (χ4v) is 2.53. The molecule has 1 N–H and O–H groups in total. The van der Waals surface area contributed by atoms with Gasteiger partial charge in [-0.25, -0.2) is 0 Å². The van der Waals surface area contributed by atoms with Crippen LogP contribution in [0.15, 0.2) is 24.3 Å². The van der Waals surface area contributed by atoms with Crippen molar-refractivity contribution in [2.45, 2.75) is 51.2 Å². The zero-order valence-corrected chi connectivity index (χ0v) is 12.0. The highest BCUT2D eigenvalue weighted by Gasteiger charge is 2.21. The second-order valence-electron chi connectivity index (χ2n) is 5.03. The van der Waals surface area contributed by atoms with Gasteiger partial charge in [0.2, 0.25) is 0 Å². The van der Waals surface area contributed by atoms with Gasteiger partial charge >= 0.3 is 0 Å². The minimum Gasteiger partial charge on any atom is -0.479 e. The van der Waals surface area contributed by atoms with Crippen LogP contribution in [0, 0.1) is 0 Å². The number of hydrogen-bond donors (Lipinski definition) is 1. The molecule has 0 radical (unpaired) electrons. The van der Waals surface area contributed by atoms with E-state index in [9.17, 15) is 4.79 Å². The van der Waals surface area contributed by atoms with Gasteiger partial charge in [-0.2, -0.15) is 0 Å². The number of carbonyl (C=O) groups excluding carboxylic acids is 1. The van der Waals surface area contributed by atoms with Crippen molar-refractivity contribution in [3.63, 3.8) is 0 Å². The van der Waals surface area contributed by atoms with E-state index < -0.39 is 6.10 Å². The highest BCUT2D eigenvalue weighted by atomic mass is 35.5. The monoisotopic (exact) mass is 281 g/mol. The largest absolute Gasteiger partial charge is 0.479 e. The molecule has 1 amide bonds. The van der Waals surface area contributed by atoms with E-state index in [0.29, 0.717) is 16.8 Å². The van der Waals surface area contributed by atoms with Crippen LogP contribution in [0.5, 0.6) is 5.75 Å². The fourth-order valence-electron chi connectivity index (χ4n) is 2.35. The number of nitrogens with one attached hydrogen (secondary N) is 1. The van der Waals surface area contributed by atoms with E-state index in [1.54, 1.807) is 19.1 Å². The molecule has 1 aromatic carbocycles. The molecule has 4 heteroatoms. The molecular weight excluding hydrogens is 262 g/mol. The lowest BCUT2D eigenvalue weighted by Crippen LogP contribution is -2.43. The maximum Gasteiger partial charge on any atom is 0.260 e. The Labute approximate surface area is 119 Å². The summed E-state index contributed by atoms with van der Waals surface area (Å²) in [5, 5.41) is 3.58. The topological polar surface area (TPSA) is 38.3 Å². The minimum absolute atomic E-state index is 0.0631. The Morgan fingerprint density at radius 3 is 2.68 bits per heavy atom. The molecule has 104 valence electrons. The number of benzene rings is 1. The van der Waals surface area contributed by atoms with Gasteiger partial charge in [-0.1, -0.05) is 43.0 Å². The molecule has 3 nitrogen and oxygen atoms in total. The second kappa shape index (κ2) is 6.80. The smallest absolute Gasteiger partial charge is 0.260 e. The van der Waals surface area contributed by atoms with Crippen molar-refractivity contribution in [3.05, 3.63) is 29.3 Å². The Balaban J connectivity index is 1.87. The van der Waals surface area contributed by atoms with Gasteiger partial charge in [0, 0.05) is 6.04 Å². The van der Waals surface area contributed by atoms with Crippen molar-refractivity contribution in [2.24, 2.45) is 0 Å². The summed E-state index contributed by atoms with van der Waals surface area (Å²) < 4.78 is 5.60. The molecule has 0 spiro atoms. The minimum atomic E-state index is -0.526. The van der Waals surface area contributed by atoms with Gasteiger partial charge in [0.1, 0.15) is 5.75 Å². The molecule has 1 atom stereocenters. The summed E-state index contributed by atoms with van der Waals surface area (Å²) in [5.74, 6) is 0.488. The van der Waals surface area contributed by atoms with E-state index in [0.717, 1.165) is 12.8 Å². The molecule has 1 aliphatic rings. The molecule has 0 heterocycles. The first kappa shape index (κ1) is 14.2. The molecule has 1 fully saturated rings. The molecule has 1 aliphatic carbocycles. The summed E-state index contributed by atoms with van der Waals surface area (Å²) in [4.78, 5) is 12.0. The molecule has 0 unspecified atom stereocenters. The van der Waals surface area contributed by atoms with Gasteiger partial charge in [0.25, 0.3) is 5.91 Å². The van der Waals surface area contributed by atoms with Crippen molar-refractivity contribution in [2.75, 3.05) is 0 Å². The maximum atomic E-state index is 12.0. The SMILES string of the molecule is C[C@H](Oc1ccccc1Cl)C(=O)NC1CCCCC1. The van der Waals surface area contributed by atoms with Gasteiger partial charge < -0.3 is 10.1 Å². The summed E-state index contributed by atoms with van der Waals surface area (Å²) >= 11 is 6.01. The molecule has 0 bridgehead atoms. The lowest BCUT2D eigenvalue weighted by atomic mass is 9.95. The summed E-state index contributed by atoms with van der Waals surface area (Å²) in [6, 6.07) is 7.50. The van der Waals surface area contributed by atoms with Gasteiger partial charge in [0.15, 0.2) is 6.10 Å². The van der Waals surface area contributed by atoms with Gasteiger partial charge in [-0.15, -0.1) is 0 Å². The van der Waals surface area contributed by atoms with E-state index in [4.69, 9.17) is 16.3 Å². The average Bonchev–Trinajstić information content (AvgIpc) is 2.42. The molecule has 1 aromatic rings. The summed E-state index contributed by atoms with van der Waals surface area (Å²) in [7, 11) is 0. The normalized spacial score (nSPS) is 17.8. The van der Waals surface area contributed by atoms with Crippen molar-refractivity contribution in [3.8, 4) is 5.75 Å². The predicted molar refractivity (Wildman–Crippen MR) is 76.6 cm³/mol. The standard InChI is InChI=1S/C15H20ClNO2/c1-11(19-14-10-6-5-9-13(14)16)15(18)17-12-7-3-2-4-8-12/h5-6,9-12H,2-4,7-8H2,1H3,(H,17,18)/t11-/m0/s1. The Morgan fingerprint density at radius 2 is 2.00 bits per heavy atom. The zero-order valence-electron chi connectivity index (χ0n) is 11.2. The van der Waals surface area contributed by atoms with E-state index in [1.165, 1.54) is 19.3 Å². The summed E-state index contributed by atoms with van der Waals surface area (Å²) in [6.07, 6.45) is 5.30. The van der Waals surface area contributed by atoms with Crippen LogP contribution < -0.4 is 10.1 Å². The van der Waals surface area contributed by atoms with Crippen LogP contribution in [0.25, 0.3) is 0 Å². The molecular formula is C15H20ClNO2. The van der Waals surface area contributed by atoms with E-state index in [2.05, 4.69) is 5.32 Å². The first-order valence-electron chi connectivity index (χ1n) is 6.88. The molecule has 0 aromatic heterocycles. The summed E-state index contributed by atoms with van der Waals surface area (Å²) in [6.45, 7) is 1.75. The van der Waals surface area contributed by atoms with Crippen LogP contribution >= 0.6 is 11.6 Å². The molecule has 0 saturated heterocycles. The van der Waals surface area contributed by atoms with Crippen molar-refractivity contribution < 1.29 is 9.53 Å². The Hall–Kier alpha value is -1.22. The van der Waals surface area contributed by atoms with Crippen LogP contribution in [0.2, 0.25) is 5.02 Å². The van der Waals surface area contributed by atoms with Crippen LogP contribution in [0.4, 0.5) is 0 Å². The van der Waals surface area contributed by atoms with Gasteiger partial charge in [-0.3, -0.25) is 4.79 Å². The number of para-hydroxylation sites is 1. The number of halogens is 1. The zero-order chi connectivity index (χ0) is 13.7. The predicted octanol–water partition coefficient (Wildman–Crippen LogP) is 3.56. The first-order chi connectivity index (χ1) is 9.16. The fraction of sp³-hybridized carbons (Fsp3) is 0.533. The highest BCUT2D eigenvalue weighted by molar-refractivity contribution is 6.32. The van der Waals surface area contributed by atoms with Crippen molar-refractivity contribution in [1.29, 1.82) is 0 Å². The van der Waals surface area contributed by atoms with Crippen molar-refractivity contribution >= 4 is 17.5 Å². The quantitative estimate of drug-likeness (QED) is 0.916. The Bertz CT molecular complexity index is 430. The number of rotatable bonds is 4. The lowest BCUT2D eigenvalue weighted by molar-refractivity contribution is -0.128. The lowest BCUT2D eigenvalue weighted by Gasteiger charge is -2.24. The molecule has 2 rings (SSSR count). The van der Waals surface area contributed by atoms with Gasteiger partial charge in [0.05, 0.1) is 5.02 Å². The maximum absolute atomic E-state index is 12.0. The van der Waals surface area contributed by atoms with Gasteiger partial charge in [-0.05, 0) is 31.9 Å². The average molecular weight is 282 g/mol. The number of amides is 1. The first-order valence-corrected chi connectivity index (χ1v) is 7.26. The number of hydrogen-bond acceptors (Lipinski definition) is 2. The number of carbonyl (C=O) groups is 1. The van der Waals surface area contributed by atoms with E-state index in [1.807, 2.05) is 12.1 Å². The third kappa shape index (κ3) is 4.13. The molecule has 0 aliphatic heterocycles. The van der Waals surface area contributed by atoms with Crippen LogP contribution in [-0.2, 0) is 4.79 Å². The third-order valence-electron chi connectivity index (χ3n) is 3.46. The second-order valence-corrected chi connectivity index (χ2v) is 5.44. The number of ether oxygens (including phenoxy) is 1. The Kier molecular flexibility index (Phi) is 5.08. The summed E-state index contributed by atoms with van der Waals surface area (Å²) in [5.41, 5.74) is 0. The highest BCUT2D eigenvalue weighted by Crippen LogP contribution is 2.24. The van der Waals surface area contributed by atoms with E-state index in [-0.39, 0.29) is 5.91 Å². The van der Waals surface area contributed by atoms with Crippen LogP contribution in [-0.4, -0.2) is 18.1 Å². The Morgan fingerprint density at radius 1 is 1.32 bits per heavy atom. The molecule has 1 saturated carbocycles. The van der Waals surface area contributed by atoms with Crippen LogP contribution in [0.1, 0.15) is 39.0 Å².